The average Bonchev–Trinajstić information content (AvgIpc) is 2.52. The first-order valence-electron chi connectivity index (χ1n) is 10.2. The SMILES string of the molecule is C/C=C/[C@@H](C)C[C@H](Cc1ccccc1)N(C(=O)OC(C)(C)C)C(=O)OC(C)(C)C. The molecular formula is C24H37NO4. The summed E-state index contributed by atoms with van der Waals surface area (Å²) in [5.41, 5.74) is -0.394. The van der Waals surface area contributed by atoms with Gasteiger partial charge >= 0.3 is 12.2 Å². The lowest BCUT2D eigenvalue weighted by atomic mass is 9.95. The fourth-order valence-electron chi connectivity index (χ4n) is 3.00. The Labute approximate surface area is 176 Å². The van der Waals surface area contributed by atoms with E-state index in [9.17, 15) is 9.59 Å². The van der Waals surface area contributed by atoms with Gasteiger partial charge in [-0.3, -0.25) is 0 Å². The van der Waals surface area contributed by atoms with Gasteiger partial charge in [0, 0.05) is 0 Å². The van der Waals surface area contributed by atoms with Gasteiger partial charge in [0.1, 0.15) is 11.2 Å². The van der Waals surface area contributed by atoms with Crippen LogP contribution in [-0.2, 0) is 15.9 Å². The average molecular weight is 404 g/mol. The van der Waals surface area contributed by atoms with E-state index in [0.717, 1.165) is 10.5 Å². The number of carbonyl (C=O) groups is 2. The molecule has 5 heteroatoms. The van der Waals surface area contributed by atoms with Gasteiger partial charge < -0.3 is 9.47 Å². The van der Waals surface area contributed by atoms with Crippen LogP contribution in [0.4, 0.5) is 9.59 Å². The molecule has 0 aromatic heterocycles. The zero-order valence-corrected chi connectivity index (χ0v) is 19.2. The lowest BCUT2D eigenvalue weighted by Gasteiger charge is -2.34. The van der Waals surface area contributed by atoms with Crippen LogP contribution in [0, 0.1) is 5.92 Å². The third-order valence-corrected chi connectivity index (χ3v) is 4.02. The first kappa shape index (κ1) is 24.7. The minimum atomic E-state index is -0.719. The minimum Gasteiger partial charge on any atom is -0.443 e. The van der Waals surface area contributed by atoms with Gasteiger partial charge in [-0.05, 0) is 72.8 Å². The summed E-state index contributed by atoms with van der Waals surface area (Å²) >= 11 is 0. The summed E-state index contributed by atoms with van der Waals surface area (Å²) in [5, 5.41) is 0. The van der Waals surface area contributed by atoms with Gasteiger partial charge in [-0.2, -0.15) is 0 Å². The zero-order valence-electron chi connectivity index (χ0n) is 19.2. The van der Waals surface area contributed by atoms with E-state index in [2.05, 4.69) is 13.0 Å². The smallest absolute Gasteiger partial charge is 0.420 e. The molecule has 0 bridgehead atoms. The highest BCUT2D eigenvalue weighted by Crippen LogP contribution is 2.23. The Morgan fingerprint density at radius 2 is 1.45 bits per heavy atom. The van der Waals surface area contributed by atoms with E-state index in [4.69, 9.17) is 9.47 Å². The summed E-state index contributed by atoms with van der Waals surface area (Å²) in [6, 6.07) is 9.44. The van der Waals surface area contributed by atoms with E-state index in [1.54, 1.807) is 41.5 Å². The molecule has 5 nitrogen and oxygen atoms in total. The number of ether oxygens (including phenoxy) is 2. The summed E-state index contributed by atoms with van der Waals surface area (Å²) in [5.74, 6) is 0.182. The lowest BCUT2D eigenvalue weighted by molar-refractivity contribution is -0.00873. The van der Waals surface area contributed by atoms with Crippen molar-refractivity contribution in [2.45, 2.75) is 85.5 Å². The second kappa shape index (κ2) is 10.5. The first-order chi connectivity index (χ1) is 13.3. The minimum absolute atomic E-state index is 0.182. The normalized spacial score (nSPS) is 14.3. The van der Waals surface area contributed by atoms with Crippen molar-refractivity contribution in [2.75, 3.05) is 0 Å². The van der Waals surface area contributed by atoms with Crippen LogP contribution in [0.25, 0.3) is 0 Å². The summed E-state index contributed by atoms with van der Waals surface area (Å²) < 4.78 is 11.1. The Morgan fingerprint density at radius 3 is 1.86 bits per heavy atom. The monoisotopic (exact) mass is 403 g/mol. The molecule has 0 spiro atoms. The van der Waals surface area contributed by atoms with Gasteiger partial charge in [-0.1, -0.05) is 49.4 Å². The van der Waals surface area contributed by atoms with Crippen LogP contribution < -0.4 is 0 Å². The van der Waals surface area contributed by atoms with Gasteiger partial charge in [0.15, 0.2) is 0 Å². The number of rotatable bonds is 6. The van der Waals surface area contributed by atoms with Crippen molar-refractivity contribution >= 4 is 12.2 Å². The van der Waals surface area contributed by atoms with Crippen LogP contribution >= 0.6 is 0 Å². The third-order valence-electron chi connectivity index (χ3n) is 4.02. The Balaban J connectivity index is 3.30. The Morgan fingerprint density at radius 1 is 0.966 bits per heavy atom. The van der Waals surface area contributed by atoms with Crippen LogP contribution in [0.15, 0.2) is 42.5 Å². The number of allylic oxidation sites excluding steroid dienone is 2. The molecule has 1 aromatic rings. The second-order valence-electron chi connectivity index (χ2n) is 9.41. The quantitative estimate of drug-likeness (QED) is 0.518. The molecular weight excluding hydrogens is 366 g/mol. The van der Waals surface area contributed by atoms with E-state index in [1.165, 1.54) is 0 Å². The molecule has 1 aromatic carbocycles. The maximum absolute atomic E-state index is 13.0. The van der Waals surface area contributed by atoms with Crippen molar-refractivity contribution in [3.63, 3.8) is 0 Å². The molecule has 0 radical (unpaired) electrons. The Kier molecular flexibility index (Phi) is 8.93. The molecule has 0 heterocycles. The standard InChI is InChI=1S/C24H37NO4/c1-9-13-18(2)16-20(17-19-14-11-10-12-15-19)25(21(26)28-23(3,4)5)22(27)29-24(6,7)8/h9-15,18,20H,16-17H2,1-8H3/b13-9+/t18-,20-/m1/s1. The number of hydrogen-bond acceptors (Lipinski definition) is 4. The Bertz CT molecular complexity index is 655. The van der Waals surface area contributed by atoms with E-state index in [-0.39, 0.29) is 5.92 Å². The molecule has 0 N–H and O–H groups in total. The number of hydrogen-bond donors (Lipinski definition) is 0. The highest BCUT2D eigenvalue weighted by molar-refractivity contribution is 5.88. The van der Waals surface area contributed by atoms with Crippen molar-refractivity contribution in [3.05, 3.63) is 48.0 Å². The molecule has 1 rings (SSSR count). The van der Waals surface area contributed by atoms with E-state index in [0.29, 0.717) is 12.8 Å². The number of benzene rings is 1. The van der Waals surface area contributed by atoms with E-state index >= 15 is 0 Å². The van der Waals surface area contributed by atoms with Gasteiger partial charge in [0.2, 0.25) is 0 Å². The summed E-state index contributed by atoms with van der Waals surface area (Å²) in [7, 11) is 0. The summed E-state index contributed by atoms with van der Waals surface area (Å²) in [6.45, 7) is 14.7. The van der Waals surface area contributed by atoms with Crippen molar-refractivity contribution in [1.29, 1.82) is 0 Å². The maximum atomic E-state index is 13.0. The van der Waals surface area contributed by atoms with Crippen molar-refractivity contribution in [3.8, 4) is 0 Å². The molecule has 2 atom stereocenters. The molecule has 2 amide bonds. The molecule has 0 aliphatic rings. The largest absolute Gasteiger partial charge is 0.443 e. The van der Waals surface area contributed by atoms with Gasteiger partial charge in [0.05, 0.1) is 6.04 Å². The summed E-state index contributed by atoms with van der Waals surface area (Å²) in [4.78, 5) is 27.2. The molecule has 0 aliphatic heterocycles. The van der Waals surface area contributed by atoms with Crippen LogP contribution in [0.2, 0.25) is 0 Å². The van der Waals surface area contributed by atoms with Crippen molar-refractivity contribution in [1.82, 2.24) is 4.90 Å². The third kappa shape index (κ3) is 9.64. The number of imide groups is 1. The zero-order chi connectivity index (χ0) is 22.2. The van der Waals surface area contributed by atoms with E-state index < -0.39 is 29.4 Å². The maximum Gasteiger partial charge on any atom is 0.420 e. The second-order valence-corrected chi connectivity index (χ2v) is 9.41. The lowest BCUT2D eigenvalue weighted by Crippen LogP contribution is -2.50. The molecule has 0 aliphatic carbocycles. The predicted molar refractivity (Wildman–Crippen MR) is 117 cm³/mol. The first-order valence-corrected chi connectivity index (χ1v) is 10.2. The van der Waals surface area contributed by atoms with Gasteiger partial charge in [0.25, 0.3) is 0 Å². The predicted octanol–water partition coefficient (Wildman–Crippen LogP) is 6.37. The highest BCUT2D eigenvalue weighted by Gasteiger charge is 2.37. The molecule has 29 heavy (non-hydrogen) atoms. The number of amides is 2. The summed E-state index contributed by atoms with van der Waals surface area (Å²) in [6.07, 6.45) is 3.83. The fraction of sp³-hybridized carbons (Fsp3) is 0.583. The molecule has 0 fully saturated rings. The van der Waals surface area contributed by atoms with E-state index in [1.807, 2.05) is 43.3 Å². The van der Waals surface area contributed by atoms with Gasteiger partial charge in [-0.25, -0.2) is 14.5 Å². The van der Waals surface area contributed by atoms with Crippen LogP contribution in [-0.4, -0.2) is 34.3 Å². The van der Waals surface area contributed by atoms with Crippen molar-refractivity contribution in [2.24, 2.45) is 5.92 Å². The van der Waals surface area contributed by atoms with Crippen LogP contribution in [0.3, 0.4) is 0 Å². The number of carbonyl (C=O) groups excluding carboxylic acids is 2. The molecule has 0 saturated carbocycles. The molecule has 162 valence electrons. The van der Waals surface area contributed by atoms with Crippen LogP contribution in [0.5, 0.6) is 0 Å². The van der Waals surface area contributed by atoms with Crippen molar-refractivity contribution < 1.29 is 19.1 Å². The topological polar surface area (TPSA) is 55.8 Å². The molecule has 0 unspecified atom stereocenters. The molecule has 0 saturated heterocycles. The number of nitrogens with zero attached hydrogens (tertiary/aromatic N) is 1. The van der Waals surface area contributed by atoms with Gasteiger partial charge in [-0.15, -0.1) is 0 Å². The fourth-order valence-corrected chi connectivity index (χ4v) is 3.00. The van der Waals surface area contributed by atoms with Crippen LogP contribution in [0.1, 0.15) is 67.4 Å². The Hall–Kier alpha value is -2.30. The highest BCUT2D eigenvalue weighted by atomic mass is 16.6.